The minimum atomic E-state index is 1.08. The maximum absolute atomic E-state index is 3.22. The molecule has 0 spiro atoms. The molecule has 0 saturated carbocycles. The molecular formula is C15H13N. The third-order valence-electron chi connectivity index (χ3n) is 2.94. The molecule has 1 aliphatic rings. The van der Waals surface area contributed by atoms with E-state index in [0.717, 1.165) is 17.7 Å². The van der Waals surface area contributed by atoms with Gasteiger partial charge in [0, 0.05) is 29.6 Å². The van der Waals surface area contributed by atoms with Crippen LogP contribution in [0, 0.1) is 11.8 Å². The largest absolute Gasteiger partial charge is 0.350 e. The highest BCUT2D eigenvalue weighted by atomic mass is 15.0. The molecule has 0 amide bonds. The van der Waals surface area contributed by atoms with Crippen LogP contribution >= 0.6 is 0 Å². The van der Waals surface area contributed by atoms with E-state index in [0.29, 0.717) is 0 Å². The van der Waals surface area contributed by atoms with E-state index in [4.69, 9.17) is 0 Å². The molecule has 2 aromatic rings. The third-order valence-corrected chi connectivity index (χ3v) is 2.94. The van der Waals surface area contributed by atoms with Crippen molar-refractivity contribution in [2.24, 2.45) is 0 Å². The number of hydrogen-bond acceptors (Lipinski definition) is 0. The molecule has 2 heterocycles. The van der Waals surface area contributed by atoms with Gasteiger partial charge in [-0.05, 0) is 31.0 Å². The zero-order chi connectivity index (χ0) is 10.8. The number of rotatable bonds is 0. The fourth-order valence-electron chi connectivity index (χ4n) is 2.14. The van der Waals surface area contributed by atoms with Crippen LogP contribution in [0.5, 0.6) is 0 Å². The average molecular weight is 207 g/mol. The fourth-order valence-corrected chi connectivity index (χ4v) is 2.14. The van der Waals surface area contributed by atoms with Gasteiger partial charge in [0.05, 0.1) is 0 Å². The summed E-state index contributed by atoms with van der Waals surface area (Å²) in [5.74, 6) is 6.41. The quantitative estimate of drug-likeness (QED) is 0.585. The lowest BCUT2D eigenvalue weighted by molar-refractivity contribution is 0.749. The van der Waals surface area contributed by atoms with Crippen LogP contribution in [0.15, 0.2) is 42.6 Å². The van der Waals surface area contributed by atoms with E-state index in [9.17, 15) is 0 Å². The highest BCUT2D eigenvalue weighted by molar-refractivity contribution is 5.43. The van der Waals surface area contributed by atoms with E-state index in [1.54, 1.807) is 0 Å². The molecule has 0 radical (unpaired) electrons. The predicted octanol–water partition coefficient (Wildman–Crippen LogP) is 2.83. The first-order chi connectivity index (χ1) is 7.92. The number of nitrogens with zero attached hydrogens (tertiary/aromatic N) is 1. The number of benzene rings is 1. The normalized spacial score (nSPS) is 13.0. The maximum Gasteiger partial charge on any atom is 0.0428 e. The first-order valence-corrected chi connectivity index (χ1v) is 5.68. The Morgan fingerprint density at radius 1 is 1.00 bits per heavy atom. The molecular weight excluding hydrogens is 194 g/mol. The van der Waals surface area contributed by atoms with Crippen molar-refractivity contribution in [3.05, 3.63) is 59.4 Å². The fraction of sp³-hybridized carbons (Fsp3) is 0.200. The van der Waals surface area contributed by atoms with Crippen molar-refractivity contribution in [1.82, 2.24) is 4.57 Å². The molecule has 0 atom stereocenters. The summed E-state index contributed by atoms with van der Waals surface area (Å²) in [7, 11) is 0. The van der Waals surface area contributed by atoms with Crippen LogP contribution < -0.4 is 0 Å². The van der Waals surface area contributed by atoms with E-state index in [1.165, 1.54) is 18.5 Å². The van der Waals surface area contributed by atoms with E-state index in [-0.39, 0.29) is 0 Å². The number of aromatic nitrogens is 1. The third kappa shape index (κ3) is 1.75. The van der Waals surface area contributed by atoms with Crippen LogP contribution in [0.25, 0.3) is 0 Å². The van der Waals surface area contributed by atoms with Crippen molar-refractivity contribution >= 4 is 0 Å². The highest BCUT2D eigenvalue weighted by Crippen LogP contribution is 2.17. The summed E-state index contributed by atoms with van der Waals surface area (Å²) in [4.78, 5) is 0. The summed E-state index contributed by atoms with van der Waals surface area (Å²) in [5, 5.41) is 0. The number of aryl methyl sites for hydroxylation is 2. The summed E-state index contributed by atoms with van der Waals surface area (Å²) < 4.78 is 2.31. The Bertz CT molecular complexity index is 531. The van der Waals surface area contributed by atoms with Crippen LogP contribution in [-0.4, -0.2) is 4.57 Å². The molecule has 0 aliphatic carbocycles. The summed E-state index contributed by atoms with van der Waals surface area (Å²) in [5.41, 5.74) is 3.64. The van der Waals surface area contributed by atoms with Crippen LogP contribution in [0.1, 0.15) is 23.2 Å². The SMILES string of the molecule is C(#Cc1cc2n(c1)CCC2)c1ccccc1. The Hall–Kier alpha value is -1.94. The van der Waals surface area contributed by atoms with Gasteiger partial charge in [-0.15, -0.1) is 0 Å². The van der Waals surface area contributed by atoms with Gasteiger partial charge >= 0.3 is 0 Å². The molecule has 1 aliphatic heterocycles. The summed E-state index contributed by atoms with van der Waals surface area (Å²) in [6.45, 7) is 1.16. The first-order valence-electron chi connectivity index (χ1n) is 5.68. The second-order valence-electron chi connectivity index (χ2n) is 4.13. The Kier molecular flexibility index (Phi) is 2.27. The topological polar surface area (TPSA) is 4.93 Å². The van der Waals surface area contributed by atoms with Crippen molar-refractivity contribution in [2.75, 3.05) is 0 Å². The molecule has 0 bridgehead atoms. The second kappa shape index (κ2) is 3.90. The number of fused-ring (bicyclic) bond motifs is 1. The molecule has 16 heavy (non-hydrogen) atoms. The molecule has 78 valence electrons. The van der Waals surface area contributed by atoms with Crippen molar-refractivity contribution in [3.63, 3.8) is 0 Å². The van der Waals surface area contributed by atoms with Crippen molar-refractivity contribution in [3.8, 4) is 11.8 Å². The Morgan fingerprint density at radius 2 is 1.81 bits per heavy atom. The van der Waals surface area contributed by atoms with Gasteiger partial charge in [0.25, 0.3) is 0 Å². The predicted molar refractivity (Wildman–Crippen MR) is 65.2 cm³/mol. The Morgan fingerprint density at radius 3 is 2.62 bits per heavy atom. The Balaban J connectivity index is 1.87. The molecule has 0 saturated heterocycles. The monoisotopic (exact) mass is 207 g/mol. The molecule has 3 rings (SSSR count). The minimum absolute atomic E-state index is 1.08. The first kappa shape index (κ1) is 9.30. The minimum Gasteiger partial charge on any atom is -0.350 e. The lowest BCUT2D eigenvalue weighted by atomic mass is 10.2. The smallest absolute Gasteiger partial charge is 0.0428 e. The van der Waals surface area contributed by atoms with Crippen LogP contribution in [0.3, 0.4) is 0 Å². The van der Waals surface area contributed by atoms with Crippen molar-refractivity contribution in [1.29, 1.82) is 0 Å². The lowest BCUT2D eigenvalue weighted by Gasteiger charge is -1.90. The summed E-state index contributed by atoms with van der Waals surface area (Å²) in [6, 6.07) is 12.3. The molecule has 1 heteroatoms. The van der Waals surface area contributed by atoms with Gasteiger partial charge in [-0.1, -0.05) is 30.0 Å². The van der Waals surface area contributed by atoms with Crippen molar-refractivity contribution < 1.29 is 0 Å². The maximum atomic E-state index is 3.22. The van der Waals surface area contributed by atoms with Gasteiger partial charge in [-0.25, -0.2) is 0 Å². The molecule has 0 unspecified atom stereocenters. The summed E-state index contributed by atoms with van der Waals surface area (Å²) >= 11 is 0. The van der Waals surface area contributed by atoms with E-state index in [2.05, 4.69) is 28.7 Å². The van der Waals surface area contributed by atoms with E-state index >= 15 is 0 Å². The van der Waals surface area contributed by atoms with Crippen LogP contribution in [0.2, 0.25) is 0 Å². The van der Waals surface area contributed by atoms with Gasteiger partial charge in [0.15, 0.2) is 0 Å². The van der Waals surface area contributed by atoms with Gasteiger partial charge in [0.1, 0.15) is 0 Å². The standard InChI is InChI=1S/C15H13N/c1-2-5-13(6-3-1)8-9-14-11-15-7-4-10-16(15)12-14/h1-3,5-6,11-12H,4,7,10H2. The molecule has 0 fully saturated rings. The molecule has 1 nitrogen and oxygen atoms in total. The average Bonchev–Trinajstić information content (AvgIpc) is 2.88. The van der Waals surface area contributed by atoms with Crippen molar-refractivity contribution in [2.45, 2.75) is 19.4 Å². The molecule has 0 N–H and O–H groups in total. The second-order valence-corrected chi connectivity index (χ2v) is 4.13. The van der Waals surface area contributed by atoms with Gasteiger partial charge in [0.2, 0.25) is 0 Å². The van der Waals surface area contributed by atoms with Gasteiger partial charge in [-0.3, -0.25) is 0 Å². The highest BCUT2D eigenvalue weighted by Gasteiger charge is 2.10. The van der Waals surface area contributed by atoms with Crippen LogP contribution in [0.4, 0.5) is 0 Å². The molecule has 1 aromatic carbocycles. The number of hydrogen-bond donors (Lipinski definition) is 0. The zero-order valence-corrected chi connectivity index (χ0v) is 9.11. The summed E-state index contributed by atoms with van der Waals surface area (Å²) in [6.07, 6.45) is 4.65. The van der Waals surface area contributed by atoms with Gasteiger partial charge in [-0.2, -0.15) is 0 Å². The van der Waals surface area contributed by atoms with E-state index in [1.807, 2.05) is 30.3 Å². The van der Waals surface area contributed by atoms with Gasteiger partial charge < -0.3 is 4.57 Å². The Labute approximate surface area is 95.7 Å². The lowest BCUT2D eigenvalue weighted by Crippen LogP contribution is -1.86. The molecule has 1 aromatic heterocycles. The zero-order valence-electron chi connectivity index (χ0n) is 9.11. The van der Waals surface area contributed by atoms with E-state index < -0.39 is 0 Å². The van der Waals surface area contributed by atoms with Crippen LogP contribution in [-0.2, 0) is 13.0 Å².